The standard InChI is InChI=1S/C24H26ClN5O3S/c1-33-21-13-16(7-12-20(21)31)14-26-27-22(32)15-34-24-29-28-23(17-8-10-18(25)11-9-17)30(24)19-5-3-2-4-6-19/h7-14,19H,2-6,15H2,1H3,(H2,26,27,31,32). The van der Waals surface area contributed by atoms with Gasteiger partial charge >= 0.3 is 5.16 Å². The average molecular weight is 500 g/mol. The second-order valence-electron chi connectivity index (χ2n) is 8.02. The van der Waals surface area contributed by atoms with E-state index in [1.807, 2.05) is 24.3 Å². The molecule has 0 aliphatic heterocycles. The van der Waals surface area contributed by atoms with Gasteiger partial charge in [0.15, 0.2) is 0 Å². The molecule has 4 rings (SSSR count). The summed E-state index contributed by atoms with van der Waals surface area (Å²) in [6.07, 6.45) is 7.25. The third kappa shape index (κ3) is 5.90. The Labute approximate surface area is 207 Å². The molecule has 1 fully saturated rings. The molecule has 2 N–H and O–H groups in total. The number of nitrogens with zero attached hydrogens (tertiary/aromatic N) is 3. The summed E-state index contributed by atoms with van der Waals surface area (Å²) in [5.41, 5.74) is 4.18. The molecule has 34 heavy (non-hydrogen) atoms. The lowest BCUT2D eigenvalue weighted by Crippen LogP contribution is -2.43. The zero-order valence-electron chi connectivity index (χ0n) is 18.8. The molecule has 0 bridgehead atoms. The smallest absolute Gasteiger partial charge is 0.337 e. The van der Waals surface area contributed by atoms with Crippen molar-refractivity contribution in [2.24, 2.45) is 5.10 Å². The van der Waals surface area contributed by atoms with Crippen LogP contribution in [-0.4, -0.2) is 35.2 Å². The normalized spacial score (nSPS) is 14.4. The van der Waals surface area contributed by atoms with Gasteiger partial charge in [-0.3, -0.25) is 4.79 Å². The topological polar surface area (TPSA) is 106 Å². The summed E-state index contributed by atoms with van der Waals surface area (Å²) in [7, 11) is 1.43. The number of benzene rings is 2. The van der Waals surface area contributed by atoms with Crippen LogP contribution in [0.5, 0.6) is 11.5 Å². The number of hydrogen-bond donors (Lipinski definition) is 2. The molecule has 0 saturated heterocycles. The van der Waals surface area contributed by atoms with Crippen LogP contribution in [0.1, 0.15) is 43.7 Å². The van der Waals surface area contributed by atoms with Crippen LogP contribution in [0.4, 0.5) is 0 Å². The van der Waals surface area contributed by atoms with Crippen molar-refractivity contribution in [2.75, 3.05) is 12.9 Å². The molecule has 0 spiro atoms. The number of methoxy groups -OCH3 is 1. The van der Waals surface area contributed by atoms with Crippen LogP contribution in [-0.2, 0) is 4.79 Å². The highest BCUT2D eigenvalue weighted by Gasteiger charge is 2.30. The van der Waals surface area contributed by atoms with Crippen molar-refractivity contribution in [1.82, 2.24) is 15.6 Å². The van der Waals surface area contributed by atoms with Crippen LogP contribution < -0.4 is 19.8 Å². The number of H-pyrrole nitrogens is 1. The highest BCUT2D eigenvalue weighted by atomic mass is 35.5. The van der Waals surface area contributed by atoms with Gasteiger partial charge in [-0.05, 0) is 73.3 Å². The van der Waals surface area contributed by atoms with E-state index in [1.165, 1.54) is 50.4 Å². The third-order valence-electron chi connectivity index (χ3n) is 5.68. The van der Waals surface area contributed by atoms with Crippen molar-refractivity contribution in [1.29, 1.82) is 0 Å². The number of ether oxygens (including phenoxy) is 1. The van der Waals surface area contributed by atoms with E-state index in [2.05, 4.69) is 25.3 Å². The number of thioether (sulfide) groups is 1. The van der Waals surface area contributed by atoms with Crippen molar-refractivity contribution in [2.45, 2.75) is 43.3 Å². The van der Waals surface area contributed by atoms with E-state index >= 15 is 0 Å². The predicted octanol–water partition coefficient (Wildman–Crippen LogP) is 3.85. The van der Waals surface area contributed by atoms with Crippen LogP contribution in [0.25, 0.3) is 11.4 Å². The van der Waals surface area contributed by atoms with Gasteiger partial charge < -0.3 is 9.84 Å². The lowest BCUT2D eigenvalue weighted by molar-refractivity contribution is -0.749. The summed E-state index contributed by atoms with van der Waals surface area (Å²) in [4.78, 5) is 12.4. The predicted molar refractivity (Wildman–Crippen MR) is 130 cm³/mol. The maximum atomic E-state index is 12.4. The molecule has 1 aromatic heterocycles. The van der Waals surface area contributed by atoms with E-state index in [9.17, 15) is 9.90 Å². The second-order valence-corrected chi connectivity index (χ2v) is 9.39. The number of rotatable bonds is 8. The molecule has 1 aliphatic rings. The molecule has 3 aromatic rings. The van der Waals surface area contributed by atoms with Crippen LogP contribution in [0.15, 0.2) is 52.7 Å². The highest BCUT2D eigenvalue weighted by molar-refractivity contribution is 7.99. The lowest BCUT2D eigenvalue weighted by Gasteiger charge is -2.21. The van der Waals surface area contributed by atoms with Gasteiger partial charge in [0, 0.05) is 5.02 Å². The number of carbonyl (C=O) groups excluding carboxylic acids is 1. The Morgan fingerprint density at radius 3 is 2.79 bits per heavy atom. The third-order valence-corrected chi connectivity index (χ3v) is 6.89. The van der Waals surface area contributed by atoms with Crippen molar-refractivity contribution in [3.05, 3.63) is 53.1 Å². The number of halogens is 1. The summed E-state index contributed by atoms with van der Waals surface area (Å²) in [6, 6.07) is 12.6. The van der Waals surface area contributed by atoms with Gasteiger partial charge in [-0.1, -0.05) is 35.9 Å². The maximum Gasteiger partial charge on any atom is 0.337 e. The molecule has 1 saturated carbocycles. The van der Waals surface area contributed by atoms with Gasteiger partial charge in [0.05, 0.1) is 35.8 Å². The van der Waals surface area contributed by atoms with Gasteiger partial charge in [-0.15, -0.1) is 5.10 Å². The number of nitrogens with one attached hydrogen (secondary N) is 2. The molecule has 1 heterocycles. The van der Waals surface area contributed by atoms with Crippen molar-refractivity contribution in [3.8, 4) is 22.9 Å². The SMILES string of the molecule is COc1cc(C=NNC(=O)CSc2n[nH]c(-c3ccc(Cl)cc3)[n+]2C2CCCCC2)ccc1[O-]. The Kier molecular flexibility index (Phi) is 8.08. The summed E-state index contributed by atoms with van der Waals surface area (Å²) >= 11 is 7.44. The van der Waals surface area contributed by atoms with E-state index in [0.29, 0.717) is 16.6 Å². The number of aromatic nitrogens is 3. The first-order valence-electron chi connectivity index (χ1n) is 11.1. The van der Waals surface area contributed by atoms with Gasteiger partial charge in [0.2, 0.25) is 0 Å². The molecule has 0 radical (unpaired) electrons. The van der Waals surface area contributed by atoms with Crippen molar-refractivity contribution < 1.29 is 19.2 Å². The number of carbonyl (C=O) groups is 1. The molecule has 2 aromatic carbocycles. The first-order valence-corrected chi connectivity index (χ1v) is 12.5. The molecular formula is C24H26ClN5O3S. The van der Waals surface area contributed by atoms with Gasteiger partial charge in [-0.25, -0.2) is 9.99 Å². The van der Waals surface area contributed by atoms with Gasteiger partial charge in [-0.2, -0.15) is 5.10 Å². The van der Waals surface area contributed by atoms with Crippen molar-refractivity contribution in [3.63, 3.8) is 0 Å². The van der Waals surface area contributed by atoms with E-state index in [1.54, 1.807) is 12.1 Å². The number of hydrazone groups is 1. The minimum absolute atomic E-state index is 0.164. The molecule has 10 heteroatoms. The Hall–Kier alpha value is -3.04. The minimum Gasteiger partial charge on any atom is -0.870 e. The Bertz CT molecular complexity index is 1160. The first kappa shape index (κ1) is 24.1. The van der Waals surface area contributed by atoms with E-state index < -0.39 is 0 Å². The summed E-state index contributed by atoms with van der Waals surface area (Å²) in [6.45, 7) is 0. The maximum absolute atomic E-state index is 12.4. The molecular weight excluding hydrogens is 474 g/mol. The van der Waals surface area contributed by atoms with Gasteiger partial charge in [0.25, 0.3) is 11.7 Å². The molecule has 178 valence electrons. The van der Waals surface area contributed by atoms with Crippen LogP contribution in [0, 0.1) is 0 Å². The lowest BCUT2D eigenvalue weighted by atomic mass is 9.95. The van der Waals surface area contributed by atoms with E-state index in [4.69, 9.17) is 16.3 Å². The Morgan fingerprint density at radius 2 is 2.06 bits per heavy atom. The summed E-state index contributed by atoms with van der Waals surface area (Å²) in [5.74, 6) is 0.856. The Balaban J connectivity index is 1.43. The van der Waals surface area contributed by atoms with Crippen LogP contribution in [0.2, 0.25) is 5.02 Å². The zero-order valence-corrected chi connectivity index (χ0v) is 20.4. The molecule has 1 amide bonds. The number of amides is 1. The van der Waals surface area contributed by atoms with E-state index in [-0.39, 0.29) is 23.2 Å². The zero-order chi connectivity index (χ0) is 23.9. The minimum atomic E-state index is -0.250. The fourth-order valence-electron chi connectivity index (χ4n) is 4.00. The quantitative estimate of drug-likeness (QED) is 0.212. The molecule has 1 aliphatic carbocycles. The largest absolute Gasteiger partial charge is 0.870 e. The molecule has 8 nitrogen and oxygen atoms in total. The average Bonchev–Trinajstić information content (AvgIpc) is 3.28. The summed E-state index contributed by atoms with van der Waals surface area (Å²) in [5, 5.41) is 24.7. The van der Waals surface area contributed by atoms with E-state index in [0.717, 1.165) is 29.4 Å². The number of hydrogen-bond acceptors (Lipinski definition) is 6. The fraction of sp³-hybridized carbons (Fsp3) is 0.333. The Morgan fingerprint density at radius 1 is 1.29 bits per heavy atom. The number of aromatic amines is 1. The van der Waals surface area contributed by atoms with Crippen molar-refractivity contribution >= 4 is 35.5 Å². The fourth-order valence-corrected chi connectivity index (χ4v) is 4.94. The van der Waals surface area contributed by atoms with Crippen LogP contribution >= 0.6 is 23.4 Å². The molecule has 0 unspecified atom stereocenters. The highest BCUT2D eigenvalue weighted by Crippen LogP contribution is 2.29. The monoisotopic (exact) mass is 499 g/mol. The second kappa shape index (κ2) is 11.4. The van der Waals surface area contributed by atoms with Crippen LogP contribution in [0.3, 0.4) is 0 Å². The first-order chi connectivity index (χ1) is 16.5. The molecule has 0 atom stereocenters. The summed E-state index contributed by atoms with van der Waals surface area (Å²) < 4.78 is 7.24. The van der Waals surface area contributed by atoms with Gasteiger partial charge in [0.1, 0.15) is 5.75 Å².